The smallest absolute Gasteiger partial charge is 0.261 e. The molecule has 20 heavy (non-hydrogen) atoms. The molecular weight excluding hydrogens is 292 g/mol. The van der Waals surface area contributed by atoms with Gasteiger partial charge in [0, 0.05) is 12.6 Å². The lowest BCUT2D eigenvalue weighted by Crippen LogP contribution is -2.34. The van der Waals surface area contributed by atoms with E-state index in [1.165, 1.54) is 30.7 Å². The van der Waals surface area contributed by atoms with E-state index in [9.17, 15) is 4.79 Å². The van der Waals surface area contributed by atoms with Gasteiger partial charge in [-0.3, -0.25) is 9.69 Å². The van der Waals surface area contributed by atoms with Crippen LogP contribution in [0.5, 0.6) is 0 Å². The van der Waals surface area contributed by atoms with Gasteiger partial charge in [0.25, 0.3) is 5.91 Å². The van der Waals surface area contributed by atoms with Crippen molar-refractivity contribution in [1.82, 2.24) is 4.90 Å². The molecule has 5 nitrogen and oxygen atoms in total. The van der Waals surface area contributed by atoms with Gasteiger partial charge in [0.05, 0.1) is 10.6 Å². The second-order valence-electron chi connectivity index (χ2n) is 4.88. The first-order valence-electron chi connectivity index (χ1n) is 6.82. The van der Waals surface area contributed by atoms with Gasteiger partial charge >= 0.3 is 0 Å². The number of carbonyl (C=O) groups excluding carboxylic acids is 1. The Balaban J connectivity index is 2.09. The molecule has 0 bridgehead atoms. The Hall–Kier alpha value is -0.920. The number of carbonyl (C=O) groups is 1. The van der Waals surface area contributed by atoms with Crippen LogP contribution in [-0.2, 0) is 0 Å². The number of anilines is 2. The van der Waals surface area contributed by atoms with Crippen LogP contribution in [0.1, 0.15) is 29.4 Å². The van der Waals surface area contributed by atoms with Crippen LogP contribution < -0.4 is 16.8 Å². The van der Waals surface area contributed by atoms with Crippen LogP contribution in [0.2, 0.25) is 0 Å². The summed E-state index contributed by atoms with van der Waals surface area (Å²) >= 11 is 2.91. The highest BCUT2D eigenvalue weighted by molar-refractivity contribution is 7.99. The Labute approximate surface area is 128 Å². The zero-order valence-electron chi connectivity index (χ0n) is 11.9. The molecule has 7 heteroatoms. The SMILES string of the molecule is CCN1CCCC1CNc1sc(C(N)=O)c(N)c1SC. The van der Waals surface area contributed by atoms with Gasteiger partial charge < -0.3 is 16.8 Å². The third-order valence-electron chi connectivity index (χ3n) is 3.73. The first kappa shape index (κ1) is 15.5. The number of thiophene rings is 1. The van der Waals surface area contributed by atoms with E-state index < -0.39 is 5.91 Å². The number of primary amides is 1. The number of likely N-dealkylation sites (tertiary alicyclic amines) is 1. The molecule has 2 rings (SSSR count). The summed E-state index contributed by atoms with van der Waals surface area (Å²) in [5, 5.41) is 4.42. The normalized spacial score (nSPS) is 19.4. The zero-order chi connectivity index (χ0) is 14.7. The summed E-state index contributed by atoms with van der Waals surface area (Å²) < 4.78 is 0. The minimum atomic E-state index is -0.452. The van der Waals surface area contributed by atoms with E-state index in [1.807, 2.05) is 6.26 Å². The summed E-state index contributed by atoms with van der Waals surface area (Å²) in [5.74, 6) is -0.452. The van der Waals surface area contributed by atoms with Gasteiger partial charge in [-0.25, -0.2) is 0 Å². The van der Waals surface area contributed by atoms with Gasteiger partial charge in [-0.1, -0.05) is 6.92 Å². The quantitative estimate of drug-likeness (QED) is 0.700. The number of likely N-dealkylation sites (N-methyl/N-ethyl adjacent to an activating group) is 1. The molecule has 1 aliphatic rings. The molecule has 5 N–H and O–H groups in total. The highest BCUT2D eigenvalue weighted by atomic mass is 32.2. The van der Waals surface area contributed by atoms with Crippen molar-refractivity contribution >= 4 is 39.7 Å². The molecule has 1 fully saturated rings. The fourth-order valence-corrected chi connectivity index (χ4v) is 4.58. The molecule has 0 aromatic carbocycles. The number of nitrogens with two attached hydrogens (primary N) is 2. The van der Waals surface area contributed by atoms with Crippen LogP contribution in [0.25, 0.3) is 0 Å². The number of thioether (sulfide) groups is 1. The van der Waals surface area contributed by atoms with E-state index in [0.29, 0.717) is 16.6 Å². The van der Waals surface area contributed by atoms with Crippen LogP contribution in [0.4, 0.5) is 10.7 Å². The van der Waals surface area contributed by atoms with E-state index in [-0.39, 0.29) is 0 Å². The maximum absolute atomic E-state index is 11.4. The molecule has 1 saturated heterocycles. The van der Waals surface area contributed by atoms with Crippen molar-refractivity contribution < 1.29 is 4.79 Å². The lowest BCUT2D eigenvalue weighted by Gasteiger charge is -2.23. The van der Waals surface area contributed by atoms with E-state index >= 15 is 0 Å². The van der Waals surface area contributed by atoms with Crippen LogP contribution in [0, 0.1) is 0 Å². The largest absolute Gasteiger partial charge is 0.396 e. The van der Waals surface area contributed by atoms with Crippen molar-refractivity contribution in [3.63, 3.8) is 0 Å². The van der Waals surface area contributed by atoms with Crippen LogP contribution >= 0.6 is 23.1 Å². The number of hydrogen-bond acceptors (Lipinski definition) is 6. The minimum Gasteiger partial charge on any atom is -0.396 e. The fraction of sp³-hybridized carbons (Fsp3) is 0.615. The van der Waals surface area contributed by atoms with Gasteiger partial charge in [-0.05, 0) is 32.2 Å². The van der Waals surface area contributed by atoms with E-state index in [0.717, 1.165) is 23.0 Å². The Morgan fingerprint density at radius 3 is 2.95 bits per heavy atom. The number of nitrogens with one attached hydrogen (secondary N) is 1. The molecule has 1 amide bonds. The van der Waals surface area contributed by atoms with E-state index in [2.05, 4.69) is 17.1 Å². The van der Waals surface area contributed by atoms with Gasteiger partial charge in [-0.2, -0.15) is 0 Å². The lowest BCUT2D eigenvalue weighted by atomic mass is 10.2. The molecule has 0 aliphatic carbocycles. The predicted molar refractivity (Wildman–Crippen MR) is 87.8 cm³/mol. The third kappa shape index (κ3) is 3.05. The first-order chi connectivity index (χ1) is 9.58. The maximum Gasteiger partial charge on any atom is 0.261 e. The Morgan fingerprint density at radius 1 is 1.60 bits per heavy atom. The number of rotatable bonds is 6. The number of hydrogen-bond donors (Lipinski definition) is 3. The van der Waals surface area contributed by atoms with Gasteiger partial charge in [0.15, 0.2) is 0 Å². The van der Waals surface area contributed by atoms with Crippen LogP contribution in [-0.4, -0.2) is 42.7 Å². The summed E-state index contributed by atoms with van der Waals surface area (Å²) in [6.45, 7) is 5.34. The molecular formula is C13H22N4OS2. The molecule has 1 aromatic heterocycles. The summed E-state index contributed by atoms with van der Waals surface area (Å²) in [6, 6.07) is 0.565. The molecule has 2 heterocycles. The highest BCUT2D eigenvalue weighted by Gasteiger charge is 2.24. The molecule has 112 valence electrons. The summed E-state index contributed by atoms with van der Waals surface area (Å²) in [7, 11) is 0. The van der Waals surface area contributed by atoms with Crippen molar-refractivity contribution in [2.45, 2.75) is 30.7 Å². The number of nitrogen functional groups attached to an aromatic ring is 1. The van der Waals surface area contributed by atoms with E-state index in [1.54, 1.807) is 11.8 Å². The van der Waals surface area contributed by atoms with Gasteiger partial charge in [-0.15, -0.1) is 23.1 Å². The second-order valence-corrected chi connectivity index (χ2v) is 6.71. The van der Waals surface area contributed by atoms with Crippen LogP contribution in [0.15, 0.2) is 4.90 Å². The van der Waals surface area contributed by atoms with Crippen LogP contribution in [0.3, 0.4) is 0 Å². The molecule has 1 atom stereocenters. The topological polar surface area (TPSA) is 84.4 Å². The summed E-state index contributed by atoms with van der Waals surface area (Å²) in [4.78, 5) is 15.2. The summed E-state index contributed by atoms with van der Waals surface area (Å²) in [6.07, 6.45) is 4.44. The highest BCUT2D eigenvalue weighted by Crippen LogP contribution is 2.41. The predicted octanol–water partition coefficient (Wildman–Crippen LogP) is 2.05. The minimum absolute atomic E-state index is 0.452. The molecule has 0 saturated carbocycles. The number of nitrogens with zero attached hydrogens (tertiary/aromatic N) is 1. The van der Waals surface area contributed by atoms with Crippen molar-refractivity contribution in [2.24, 2.45) is 5.73 Å². The fourth-order valence-electron chi connectivity index (χ4n) is 2.68. The maximum atomic E-state index is 11.4. The van der Waals surface area contributed by atoms with E-state index in [4.69, 9.17) is 11.5 Å². The summed E-state index contributed by atoms with van der Waals surface area (Å²) in [5.41, 5.74) is 11.9. The average molecular weight is 314 g/mol. The monoisotopic (exact) mass is 314 g/mol. The van der Waals surface area contributed by atoms with Crippen molar-refractivity contribution in [3.05, 3.63) is 4.88 Å². The molecule has 1 unspecified atom stereocenters. The lowest BCUT2D eigenvalue weighted by molar-refractivity contribution is 0.100. The first-order valence-corrected chi connectivity index (χ1v) is 8.86. The van der Waals surface area contributed by atoms with Crippen molar-refractivity contribution in [2.75, 3.05) is 36.9 Å². The molecule has 0 spiro atoms. The Morgan fingerprint density at radius 2 is 2.35 bits per heavy atom. The standard InChI is InChI=1S/C13H22N4OS2/c1-3-17-6-4-5-8(17)7-16-13-11(19-2)9(14)10(20-13)12(15)18/h8,16H,3-7,14H2,1-2H3,(H2,15,18). The Bertz CT molecular complexity index is 489. The van der Waals surface area contributed by atoms with Gasteiger partial charge in [0.2, 0.25) is 0 Å². The third-order valence-corrected chi connectivity index (χ3v) is 5.87. The molecule has 1 aromatic rings. The van der Waals surface area contributed by atoms with Crippen molar-refractivity contribution in [1.29, 1.82) is 0 Å². The van der Waals surface area contributed by atoms with Gasteiger partial charge in [0.1, 0.15) is 9.88 Å². The van der Waals surface area contributed by atoms with Crippen molar-refractivity contribution in [3.8, 4) is 0 Å². The molecule has 1 aliphatic heterocycles. The zero-order valence-corrected chi connectivity index (χ0v) is 13.6. The second kappa shape index (κ2) is 6.69. The molecule has 0 radical (unpaired) electrons. The Kier molecular flexibility index (Phi) is 5.17. The number of amides is 1. The average Bonchev–Trinajstić information content (AvgIpc) is 2.99.